The highest BCUT2D eigenvalue weighted by molar-refractivity contribution is 4.97. The van der Waals surface area contributed by atoms with Gasteiger partial charge in [0.25, 0.3) is 0 Å². The van der Waals surface area contributed by atoms with Gasteiger partial charge in [0.1, 0.15) is 0 Å². The van der Waals surface area contributed by atoms with Gasteiger partial charge in [-0.2, -0.15) is 0 Å². The Morgan fingerprint density at radius 1 is 1.33 bits per heavy atom. The molecule has 0 amide bonds. The number of allylic oxidation sites excluding steroid dienone is 1. The first-order valence-electron chi connectivity index (χ1n) is 4.31. The van der Waals surface area contributed by atoms with E-state index in [1.807, 2.05) is 18.7 Å². The SMILES string of the molecule is CC(C)=CCN1C[C@@H](O)[C@@H](O)C1. The highest BCUT2D eigenvalue weighted by atomic mass is 16.3. The molecule has 1 heterocycles. The second-order valence-electron chi connectivity index (χ2n) is 3.63. The molecular weight excluding hydrogens is 154 g/mol. The summed E-state index contributed by atoms with van der Waals surface area (Å²) in [5.41, 5.74) is 1.27. The minimum absolute atomic E-state index is 0.560. The van der Waals surface area contributed by atoms with Crippen molar-refractivity contribution in [2.45, 2.75) is 26.1 Å². The van der Waals surface area contributed by atoms with Crippen molar-refractivity contribution in [1.29, 1.82) is 0 Å². The number of likely N-dealkylation sites (tertiary alicyclic amines) is 1. The summed E-state index contributed by atoms with van der Waals surface area (Å²) in [6.07, 6.45) is 0.983. The molecule has 0 saturated carbocycles. The molecular formula is C9H17NO2. The zero-order valence-electron chi connectivity index (χ0n) is 7.70. The van der Waals surface area contributed by atoms with Crippen LogP contribution < -0.4 is 0 Å². The van der Waals surface area contributed by atoms with E-state index < -0.39 is 12.2 Å². The Kier molecular flexibility index (Phi) is 3.26. The van der Waals surface area contributed by atoms with Crippen LogP contribution in [-0.2, 0) is 0 Å². The Labute approximate surface area is 73.3 Å². The summed E-state index contributed by atoms with van der Waals surface area (Å²) in [5.74, 6) is 0. The minimum Gasteiger partial charge on any atom is -0.389 e. The zero-order chi connectivity index (χ0) is 9.14. The second-order valence-corrected chi connectivity index (χ2v) is 3.63. The smallest absolute Gasteiger partial charge is 0.0938 e. The standard InChI is InChI=1S/C9H17NO2/c1-7(2)3-4-10-5-8(11)9(12)6-10/h3,8-9,11-12H,4-6H2,1-2H3/t8-,9+. The lowest BCUT2D eigenvalue weighted by atomic mass is 10.3. The second kappa shape index (κ2) is 4.03. The van der Waals surface area contributed by atoms with Gasteiger partial charge in [-0.15, -0.1) is 0 Å². The fourth-order valence-electron chi connectivity index (χ4n) is 1.31. The molecule has 0 aliphatic carbocycles. The number of hydrogen-bond acceptors (Lipinski definition) is 3. The van der Waals surface area contributed by atoms with Crippen molar-refractivity contribution >= 4 is 0 Å². The monoisotopic (exact) mass is 171 g/mol. The first kappa shape index (κ1) is 9.71. The van der Waals surface area contributed by atoms with E-state index in [1.54, 1.807) is 0 Å². The molecule has 1 fully saturated rings. The average molecular weight is 171 g/mol. The maximum Gasteiger partial charge on any atom is 0.0938 e. The fraction of sp³-hybridized carbons (Fsp3) is 0.778. The van der Waals surface area contributed by atoms with Gasteiger partial charge in [0, 0.05) is 19.6 Å². The van der Waals surface area contributed by atoms with E-state index in [0.29, 0.717) is 13.1 Å². The molecule has 0 spiro atoms. The van der Waals surface area contributed by atoms with Gasteiger partial charge in [0.15, 0.2) is 0 Å². The van der Waals surface area contributed by atoms with Gasteiger partial charge in [0.2, 0.25) is 0 Å². The van der Waals surface area contributed by atoms with Crippen LogP contribution in [0.2, 0.25) is 0 Å². The van der Waals surface area contributed by atoms with Crippen LogP contribution in [0.5, 0.6) is 0 Å². The van der Waals surface area contributed by atoms with Crippen molar-refractivity contribution in [3.8, 4) is 0 Å². The maximum atomic E-state index is 9.22. The lowest BCUT2D eigenvalue weighted by Gasteiger charge is -2.11. The van der Waals surface area contributed by atoms with Gasteiger partial charge in [-0.1, -0.05) is 11.6 Å². The number of hydrogen-bond donors (Lipinski definition) is 2. The van der Waals surface area contributed by atoms with Crippen LogP contribution in [0, 0.1) is 0 Å². The van der Waals surface area contributed by atoms with Crippen molar-refractivity contribution in [3.63, 3.8) is 0 Å². The quantitative estimate of drug-likeness (QED) is 0.574. The Balaban J connectivity index is 2.33. The summed E-state index contributed by atoms with van der Waals surface area (Å²) in [6.45, 7) is 6.10. The summed E-state index contributed by atoms with van der Waals surface area (Å²) < 4.78 is 0. The van der Waals surface area contributed by atoms with Crippen molar-refractivity contribution in [3.05, 3.63) is 11.6 Å². The topological polar surface area (TPSA) is 43.7 Å². The summed E-state index contributed by atoms with van der Waals surface area (Å²) in [7, 11) is 0. The zero-order valence-corrected chi connectivity index (χ0v) is 7.70. The van der Waals surface area contributed by atoms with Crippen LogP contribution in [0.25, 0.3) is 0 Å². The van der Waals surface area contributed by atoms with E-state index in [-0.39, 0.29) is 0 Å². The molecule has 0 aromatic carbocycles. The highest BCUT2D eigenvalue weighted by Crippen LogP contribution is 2.09. The van der Waals surface area contributed by atoms with E-state index in [4.69, 9.17) is 0 Å². The van der Waals surface area contributed by atoms with Crippen LogP contribution in [0.15, 0.2) is 11.6 Å². The van der Waals surface area contributed by atoms with Crippen LogP contribution in [0.4, 0.5) is 0 Å². The summed E-state index contributed by atoms with van der Waals surface area (Å²) >= 11 is 0. The molecule has 1 aliphatic rings. The third kappa shape index (κ3) is 2.59. The van der Waals surface area contributed by atoms with E-state index in [1.165, 1.54) is 5.57 Å². The Hall–Kier alpha value is -0.380. The largest absolute Gasteiger partial charge is 0.389 e. The first-order chi connectivity index (χ1) is 5.59. The number of aliphatic hydroxyl groups excluding tert-OH is 2. The van der Waals surface area contributed by atoms with Gasteiger partial charge < -0.3 is 10.2 Å². The minimum atomic E-state index is -0.560. The molecule has 1 aliphatic heterocycles. The molecule has 2 N–H and O–H groups in total. The number of rotatable bonds is 2. The molecule has 0 unspecified atom stereocenters. The fourth-order valence-corrected chi connectivity index (χ4v) is 1.31. The summed E-state index contributed by atoms with van der Waals surface area (Å²) in [4.78, 5) is 2.04. The van der Waals surface area contributed by atoms with Gasteiger partial charge in [-0.3, -0.25) is 4.90 Å². The lowest BCUT2D eigenvalue weighted by molar-refractivity contribution is 0.0572. The predicted octanol–water partition coefficient (Wildman–Crippen LogP) is -0.01000. The van der Waals surface area contributed by atoms with Crippen molar-refractivity contribution in [2.75, 3.05) is 19.6 Å². The van der Waals surface area contributed by atoms with Gasteiger partial charge >= 0.3 is 0 Å². The Morgan fingerprint density at radius 3 is 2.25 bits per heavy atom. The molecule has 3 heteroatoms. The molecule has 0 radical (unpaired) electrons. The highest BCUT2D eigenvalue weighted by Gasteiger charge is 2.28. The first-order valence-corrected chi connectivity index (χ1v) is 4.31. The normalized spacial score (nSPS) is 30.7. The lowest BCUT2D eigenvalue weighted by Crippen LogP contribution is -2.22. The average Bonchev–Trinajstić information content (AvgIpc) is 2.28. The Morgan fingerprint density at radius 2 is 1.83 bits per heavy atom. The van der Waals surface area contributed by atoms with Crippen molar-refractivity contribution < 1.29 is 10.2 Å². The summed E-state index contributed by atoms with van der Waals surface area (Å²) in [6, 6.07) is 0. The van der Waals surface area contributed by atoms with Crippen LogP contribution in [0.3, 0.4) is 0 Å². The van der Waals surface area contributed by atoms with Gasteiger partial charge in [-0.25, -0.2) is 0 Å². The summed E-state index contributed by atoms with van der Waals surface area (Å²) in [5, 5.41) is 18.4. The molecule has 3 nitrogen and oxygen atoms in total. The van der Waals surface area contributed by atoms with Crippen LogP contribution in [-0.4, -0.2) is 47.0 Å². The van der Waals surface area contributed by atoms with Crippen molar-refractivity contribution in [1.82, 2.24) is 4.90 Å². The number of β-amino-alcohol motifs (C(OH)–C–C–N with tert-alkyl or cyclic N) is 2. The third-order valence-electron chi connectivity index (χ3n) is 2.09. The Bertz CT molecular complexity index is 165. The molecule has 0 aromatic rings. The van der Waals surface area contributed by atoms with E-state index in [9.17, 15) is 10.2 Å². The predicted molar refractivity (Wildman–Crippen MR) is 47.9 cm³/mol. The number of nitrogens with zero attached hydrogens (tertiary/aromatic N) is 1. The molecule has 70 valence electrons. The molecule has 0 bridgehead atoms. The van der Waals surface area contributed by atoms with E-state index in [2.05, 4.69) is 6.08 Å². The third-order valence-corrected chi connectivity index (χ3v) is 2.09. The van der Waals surface area contributed by atoms with Gasteiger partial charge in [0.05, 0.1) is 12.2 Å². The van der Waals surface area contributed by atoms with Crippen LogP contribution in [0.1, 0.15) is 13.8 Å². The molecule has 1 rings (SSSR count). The number of aliphatic hydroxyl groups is 2. The van der Waals surface area contributed by atoms with Crippen LogP contribution >= 0.6 is 0 Å². The molecule has 1 saturated heterocycles. The molecule has 2 atom stereocenters. The van der Waals surface area contributed by atoms with E-state index in [0.717, 1.165) is 6.54 Å². The maximum absolute atomic E-state index is 9.22. The molecule has 12 heavy (non-hydrogen) atoms. The van der Waals surface area contributed by atoms with Gasteiger partial charge in [-0.05, 0) is 13.8 Å². The molecule has 0 aromatic heterocycles. The van der Waals surface area contributed by atoms with E-state index >= 15 is 0 Å². The van der Waals surface area contributed by atoms with Crippen molar-refractivity contribution in [2.24, 2.45) is 0 Å².